The Hall–Kier alpha value is -1.30. The summed E-state index contributed by atoms with van der Waals surface area (Å²) in [7, 11) is 5.75. The zero-order valence-corrected chi connectivity index (χ0v) is 12.7. The fraction of sp³-hybridized carbons (Fsp3) is 0.846. The van der Waals surface area contributed by atoms with Gasteiger partial charge in [0.1, 0.15) is 0 Å². The molecule has 0 aliphatic heterocycles. The molecule has 2 amide bonds. The van der Waals surface area contributed by atoms with Gasteiger partial charge in [-0.05, 0) is 40.9 Å². The van der Waals surface area contributed by atoms with E-state index in [9.17, 15) is 9.59 Å². The van der Waals surface area contributed by atoms with E-state index in [0.29, 0.717) is 13.1 Å². The zero-order valence-electron chi connectivity index (χ0n) is 12.7. The monoisotopic (exact) mass is 273 g/mol. The molecule has 1 unspecified atom stereocenters. The van der Waals surface area contributed by atoms with Crippen LogP contribution in [0.3, 0.4) is 0 Å². The van der Waals surface area contributed by atoms with Crippen molar-refractivity contribution in [2.24, 2.45) is 0 Å². The number of carboxylic acids is 1. The van der Waals surface area contributed by atoms with Crippen LogP contribution in [0.2, 0.25) is 0 Å². The largest absolute Gasteiger partial charge is 0.481 e. The molecule has 0 radical (unpaired) electrons. The van der Waals surface area contributed by atoms with Gasteiger partial charge in [-0.15, -0.1) is 0 Å². The second-order valence-electron chi connectivity index (χ2n) is 5.09. The van der Waals surface area contributed by atoms with Crippen molar-refractivity contribution in [2.75, 3.05) is 40.8 Å². The molecule has 0 aliphatic rings. The van der Waals surface area contributed by atoms with Crippen LogP contribution < -0.4 is 0 Å². The molecule has 0 aliphatic carbocycles. The van der Waals surface area contributed by atoms with Crippen LogP contribution in [0.5, 0.6) is 0 Å². The van der Waals surface area contributed by atoms with E-state index < -0.39 is 5.97 Å². The summed E-state index contributed by atoms with van der Waals surface area (Å²) in [6.07, 6.45) is 0.880. The SMILES string of the molecule is CCN(C(=O)N(C)CCCN(C)C)C(C)CC(=O)O. The lowest BCUT2D eigenvalue weighted by atomic mass is 10.2. The third kappa shape index (κ3) is 7.00. The van der Waals surface area contributed by atoms with Crippen LogP contribution in [0.4, 0.5) is 4.79 Å². The quantitative estimate of drug-likeness (QED) is 0.721. The lowest BCUT2D eigenvalue weighted by molar-refractivity contribution is -0.138. The van der Waals surface area contributed by atoms with Crippen LogP contribution in [-0.4, -0.2) is 78.6 Å². The van der Waals surface area contributed by atoms with Crippen molar-refractivity contribution in [3.05, 3.63) is 0 Å². The molecule has 0 aromatic rings. The van der Waals surface area contributed by atoms with Gasteiger partial charge in [-0.1, -0.05) is 0 Å². The van der Waals surface area contributed by atoms with Crippen LogP contribution >= 0.6 is 0 Å². The Balaban J connectivity index is 4.36. The normalized spacial score (nSPS) is 12.3. The Labute approximate surface area is 116 Å². The van der Waals surface area contributed by atoms with E-state index in [4.69, 9.17) is 5.11 Å². The van der Waals surface area contributed by atoms with E-state index in [1.165, 1.54) is 0 Å². The molecule has 0 saturated carbocycles. The molecule has 1 N–H and O–H groups in total. The zero-order chi connectivity index (χ0) is 15.0. The van der Waals surface area contributed by atoms with Crippen molar-refractivity contribution < 1.29 is 14.7 Å². The first kappa shape index (κ1) is 17.7. The highest BCUT2D eigenvalue weighted by Crippen LogP contribution is 2.07. The van der Waals surface area contributed by atoms with Crippen molar-refractivity contribution in [1.29, 1.82) is 0 Å². The van der Waals surface area contributed by atoms with Gasteiger partial charge < -0.3 is 19.8 Å². The Morgan fingerprint density at radius 1 is 1.16 bits per heavy atom. The molecular weight excluding hydrogens is 246 g/mol. The number of hydrogen-bond acceptors (Lipinski definition) is 3. The molecule has 1 atom stereocenters. The van der Waals surface area contributed by atoms with Crippen LogP contribution in [0.1, 0.15) is 26.7 Å². The van der Waals surface area contributed by atoms with Gasteiger partial charge in [-0.3, -0.25) is 4.79 Å². The summed E-state index contributed by atoms with van der Waals surface area (Å²) < 4.78 is 0. The van der Waals surface area contributed by atoms with Crippen molar-refractivity contribution >= 4 is 12.0 Å². The predicted octanol–water partition coefficient (Wildman–Crippen LogP) is 1.18. The Bertz CT molecular complexity index is 295. The molecule has 0 fully saturated rings. The molecule has 0 saturated heterocycles. The third-order valence-corrected chi connectivity index (χ3v) is 3.01. The summed E-state index contributed by atoms with van der Waals surface area (Å²) in [5, 5.41) is 8.79. The summed E-state index contributed by atoms with van der Waals surface area (Å²) in [6.45, 7) is 5.75. The first-order chi connectivity index (χ1) is 8.79. The minimum Gasteiger partial charge on any atom is -0.481 e. The Morgan fingerprint density at radius 2 is 1.74 bits per heavy atom. The van der Waals surface area contributed by atoms with Crippen molar-refractivity contribution in [3.63, 3.8) is 0 Å². The number of urea groups is 1. The lowest BCUT2D eigenvalue weighted by Gasteiger charge is -2.31. The number of nitrogens with zero attached hydrogens (tertiary/aromatic N) is 3. The highest BCUT2D eigenvalue weighted by molar-refractivity contribution is 5.75. The topological polar surface area (TPSA) is 64.1 Å². The summed E-state index contributed by atoms with van der Waals surface area (Å²) in [5.74, 6) is -0.881. The van der Waals surface area contributed by atoms with Gasteiger partial charge in [-0.2, -0.15) is 0 Å². The van der Waals surface area contributed by atoms with Crippen molar-refractivity contribution in [1.82, 2.24) is 14.7 Å². The van der Waals surface area contributed by atoms with Crippen LogP contribution in [-0.2, 0) is 4.79 Å². The number of carboxylic acid groups (broad SMARTS) is 1. The maximum Gasteiger partial charge on any atom is 0.319 e. The van der Waals surface area contributed by atoms with Gasteiger partial charge in [0.15, 0.2) is 0 Å². The molecule has 6 heteroatoms. The van der Waals surface area contributed by atoms with E-state index in [1.807, 2.05) is 21.0 Å². The molecule has 0 aromatic carbocycles. The summed E-state index contributed by atoms with van der Waals surface area (Å²) in [5.41, 5.74) is 0. The minimum atomic E-state index is -0.881. The summed E-state index contributed by atoms with van der Waals surface area (Å²) >= 11 is 0. The molecule has 19 heavy (non-hydrogen) atoms. The molecule has 0 rings (SSSR count). The van der Waals surface area contributed by atoms with Gasteiger partial charge in [-0.25, -0.2) is 4.79 Å². The molecule has 0 bridgehead atoms. The highest BCUT2D eigenvalue weighted by atomic mass is 16.4. The van der Waals surface area contributed by atoms with E-state index in [0.717, 1.165) is 13.0 Å². The number of carbonyl (C=O) groups is 2. The smallest absolute Gasteiger partial charge is 0.319 e. The van der Waals surface area contributed by atoms with Gasteiger partial charge in [0.05, 0.1) is 6.42 Å². The standard InChI is InChI=1S/C13H27N3O3/c1-6-16(11(2)10-12(17)18)13(19)15(5)9-7-8-14(3)4/h11H,6-10H2,1-5H3,(H,17,18). The minimum absolute atomic E-state index is 0.0227. The maximum atomic E-state index is 12.2. The lowest BCUT2D eigenvalue weighted by Crippen LogP contribution is -2.46. The average Bonchev–Trinajstić information content (AvgIpc) is 2.27. The third-order valence-electron chi connectivity index (χ3n) is 3.01. The predicted molar refractivity (Wildman–Crippen MR) is 75.3 cm³/mol. The van der Waals surface area contributed by atoms with Gasteiger partial charge >= 0.3 is 12.0 Å². The van der Waals surface area contributed by atoms with E-state index in [-0.39, 0.29) is 18.5 Å². The number of rotatable bonds is 8. The van der Waals surface area contributed by atoms with Crippen molar-refractivity contribution in [2.45, 2.75) is 32.7 Å². The Morgan fingerprint density at radius 3 is 2.16 bits per heavy atom. The first-order valence-electron chi connectivity index (χ1n) is 6.67. The van der Waals surface area contributed by atoms with Crippen LogP contribution in [0.25, 0.3) is 0 Å². The van der Waals surface area contributed by atoms with Crippen molar-refractivity contribution in [3.8, 4) is 0 Å². The maximum absolute atomic E-state index is 12.2. The average molecular weight is 273 g/mol. The number of hydrogen-bond donors (Lipinski definition) is 1. The first-order valence-corrected chi connectivity index (χ1v) is 6.67. The van der Waals surface area contributed by atoms with E-state index >= 15 is 0 Å². The highest BCUT2D eigenvalue weighted by Gasteiger charge is 2.23. The summed E-state index contributed by atoms with van der Waals surface area (Å²) in [4.78, 5) is 28.3. The summed E-state index contributed by atoms with van der Waals surface area (Å²) in [6, 6.07) is -0.388. The van der Waals surface area contributed by atoms with Gasteiger partial charge in [0.2, 0.25) is 0 Å². The second-order valence-corrected chi connectivity index (χ2v) is 5.09. The fourth-order valence-electron chi connectivity index (χ4n) is 1.94. The molecule has 112 valence electrons. The van der Waals surface area contributed by atoms with Gasteiger partial charge in [0, 0.05) is 26.2 Å². The van der Waals surface area contributed by atoms with E-state index in [2.05, 4.69) is 4.90 Å². The van der Waals surface area contributed by atoms with Crippen LogP contribution in [0, 0.1) is 0 Å². The molecule has 0 heterocycles. The number of amides is 2. The Kier molecular flexibility index (Phi) is 8.14. The van der Waals surface area contributed by atoms with Crippen LogP contribution in [0.15, 0.2) is 0 Å². The fourth-order valence-corrected chi connectivity index (χ4v) is 1.94. The molecule has 0 spiro atoms. The van der Waals surface area contributed by atoms with E-state index in [1.54, 1.807) is 23.8 Å². The van der Waals surface area contributed by atoms with Gasteiger partial charge in [0.25, 0.3) is 0 Å². The molecule has 0 aromatic heterocycles. The second kappa shape index (κ2) is 8.74. The molecular formula is C13H27N3O3. The number of carbonyl (C=O) groups excluding carboxylic acids is 1. The molecule has 6 nitrogen and oxygen atoms in total. The number of aliphatic carboxylic acids is 1.